The molecule has 0 spiro atoms. The molecule has 0 fully saturated rings. The Morgan fingerprint density at radius 3 is 2.80 bits per heavy atom. The van der Waals surface area contributed by atoms with E-state index in [0.717, 1.165) is 10.2 Å². The normalized spacial score (nSPS) is 10.0. The summed E-state index contributed by atoms with van der Waals surface area (Å²) >= 11 is 3.32. The van der Waals surface area contributed by atoms with Crippen LogP contribution in [0.4, 0.5) is 15.8 Å². The summed E-state index contributed by atoms with van der Waals surface area (Å²) in [5, 5.41) is 10.4. The summed E-state index contributed by atoms with van der Waals surface area (Å²) < 4.78 is 13.8. The summed E-state index contributed by atoms with van der Waals surface area (Å²) in [7, 11) is 0. The fraction of sp³-hybridized carbons (Fsp3) is 0. The smallest absolute Gasteiger partial charge is 0.125 e. The van der Waals surface area contributed by atoms with Gasteiger partial charge in [0.05, 0.1) is 23.8 Å². The van der Waals surface area contributed by atoms with E-state index in [-0.39, 0.29) is 5.82 Å². The van der Waals surface area contributed by atoms with Gasteiger partial charge in [-0.25, -0.2) is 4.39 Å². The van der Waals surface area contributed by atoms with E-state index >= 15 is 0 Å². The number of aromatic nitrogens is 2. The minimum absolute atomic E-state index is 0.289. The second-order valence-corrected chi connectivity index (χ2v) is 3.73. The van der Waals surface area contributed by atoms with Crippen LogP contribution in [0.15, 0.2) is 41.1 Å². The molecular formula is C10H7BrFN3. The van der Waals surface area contributed by atoms with Crippen LogP contribution in [-0.4, -0.2) is 10.2 Å². The lowest BCUT2D eigenvalue weighted by atomic mass is 10.3. The summed E-state index contributed by atoms with van der Waals surface area (Å²) in [6, 6.07) is 6.20. The molecule has 0 aliphatic carbocycles. The predicted molar refractivity (Wildman–Crippen MR) is 59.4 cm³/mol. The number of nitrogens with one attached hydrogen (secondary N) is 1. The highest BCUT2D eigenvalue weighted by Gasteiger charge is 2.01. The van der Waals surface area contributed by atoms with Crippen molar-refractivity contribution in [3.05, 3.63) is 46.9 Å². The monoisotopic (exact) mass is 267 g/mol. The molecule has 0 amide bonds. The Morgan fingerprint density at radius 2 is 2.07 bits per heavy atom. The molecular weight excluding hydrogens is 261 g/mol. The van der Waals surface area contributed by atoms with Gasteiger partial charge in [-0.05, 0) is 40.2 Å². The Kier molecular flexibility index (Phi) is 2.91. The minimum atomic E-state index is -0.289. The van der Waals surface area contributed by atoms with Gasteiger partial charge in [0.15, 0.2) is 0 Å². The first-order valence-electron chi connectivity index (χ1n) is 4.24. The van der Waals surface area contributed by atoms with Gasteiger partial charge in [0, 0.05) is 4.47 Å². The van der Waals surface area contributed by atoms with Crippen molar-refractivity contribution < 1.29 is 4.39 Å². The lowest BCUT2D eigenvalue weighted by Gasteiger charge is -2.07. The van der Waals surface area contributed by atoms with Crippen LogP contribution in [0, 0.1) is 5.82 Å². The van der Waals surface area contributed by atoms with Crippen molar-refractivity contribution in [3.63, 3.8) is 0 Å². The molecule has 0 saturated heterocycles. The van der Waals surface area contributed by atoms with Crippen molar-refractivity contribution in [2.75, 3.05) is 5.32 Å². The molecule has 0 aliphatic heterocycles. The van der Waals surface area contributed by atoms with E-state index in [1.807, 2.05) is 0 Å². The number of anilines is 2. The lowest BCUT2D eigenvalue weighted by Crippen LogP contribution is -1.93. The van der Waals surface area contributed by atoms with Gasteiger partial charge >= 0.3 is 0 Å². The van der Waals surface area contributed by atoms with Crippen molar-refractivity contribution in [1.29, 1.82) is 0 Å². The van der Waals surface area contributed by atoms with E-state index in [0.29, 0.717) is 5.69 Å². The van der Waals surface area contributed by atoms with E-state index in [9.17, 15) is 4.39 Å². The molecule has 0 saturated carbocycles. The largest absolute Gasteiger partial charge is 0.353 e. The zero-order valence-electron chi connectivity index (χ0n) is 7.61. The van der Waals surface area contributed by atoms with E-state index in [1.54, 1.807) is 24.5 Å². The first-order chi connectivity index (χ1) is 7.25. The molecule has 0 bridgehead atoms. The number of hydrogen-bond donors (Lipinski definition) is 1. The third-order valence-electron chi connectivity index (χ3n) is 1.79. The maximum Gasteiger partial charge on any atom is 0.125 e. The lowest BCUT2D eigenvalue weighted by molar-refractivity contribution is 0.628. The molecule has 1 aromatic carbocycles. The van der Waals surface area contributed by atoms with Crippen LogP contribution < -0.4 is 5.32 Å². The van der Waals surface area contributed by atoms with Crippen LogP contribution >= 0.6 is 15.9 Å². The zero-order chi connectivity index (χ0) is 10.7. The Bertz CT molecular complexity index is 461. The van der Waals surface area contributed by atoms with Crippen molar-refractivity contribution in [3.8, 4) is 0 Å². The van der Waals surface area contributed by atoms with Crippen LogP contribution in [0.1, 0.15) is 0 Å². The standard InChI is InChI=1S/C10H7BrFN3/c11-9-2-1-7(12)5-10(9)15-8-3-4-13-14-6-8/h1-6H,(H,13,15). The van der Waals surface area contributed by atoms with Crippen molar-refractivity contribution in [2.45, 2.75) is 0 Å². The molecule has 3 nitrogen and oxygen atoms in total. The highest BCUT2D eigenvalue weighted by molar-refractivity contribution is 9.10. The zero-order valence-corrected chi connectivity index (χ0v) is 9.20. The van der Waals surface area contributed by atoms with Crippen LogP contribution in [0.25, 0.3) is 0 Å². The Labute approximate surface area is 94.5 Å². The molecule has 2 rings (SSSR count). The molecule has 0 atom stereocenters. The molecule has 15 heavy (non-hydrogen) atoms. The molecule has 1 N–H and O–H groups in total. The van der Waals surface area contributed by atoms with Gasteiger partial charge < -0.3 is 5.32 Å². The number of hydrogen-bond acceptors (Lipinski definition) is 3. The summed E-state index contributed by atoms with van der Waals surface area (Å²) in [6.07, 6.45) is 3.13. The topological polar surface area (TPSA) is 37.8 Å². The fourth-order valence-electron chi connectivity index (χ4n) is 1.11. The summed E-state index contributed by atoms with van der Waals surface area (Å²) in [6.45, 7) is 0. The van der Waals surface area contributed by atoms with E-state index in [1.165, 1.54) is 12.1 Å². The highest BCUT2D eigenvalue weighted by atomic mass is 79.9. The number of nitrogens with zero attached hydrogens (tertiary/aromatic N) is 2. The first kappa shape index (κ1) is 10.0. The van der Waals surface area contributed by atoms with Gasteiger partial charge in [-0.3, -0.25) is 0 Å². The van der Waals surface area contributed by atoms with Gasteiger partial charge in [0.1, 0.15) is 5.82 Å². The molecule has 5 heteroatoms. The van der Waals surface area contributed by atoms with E-state index < -0.39 is 0 Å². The van der Waals surface area contributed by atoms with Gasteiger partial charge in [-0.1, -0.05) is 0 Å². The van der Waals surface area contributed by atoms with Crippen LogP contribution in [0.3, 0.4) is 0 Å². The highest BCUT2D eigenvalue weighted by Crippen LogP contribution is 2.25. The second kappa shape index (κ2) is 4.35. The third-order valence-corrected chi connectivity index (χ3v) is 2.48. The molecule has 76 valence electrons. The quantitative estimate of drug-likeness (QED) is 0.909. The van der Waals surface area contributed by atoms with Crippen LogP contribution in [0.5, 0.6) is 0 Å². The van der Waals surface area contributed by atoms with E-state index in [4.69, 9.17) is 0 Å². The van der Waals surface area contributed by atoms with Crippen LogP contribution in [0.2, 0.25) is 0 Å². The maximum atomic E-state index is 13.0. The number of rotatable bonds is 2. The summed E-state index contributed by atoms with van der Waals surface area (Å²) in [4.78, 5) is 0. The van der Waals surface area contributed by atoms with Gasteiger partial charge in [0.2, 0.25) is 0 Å². The average Bonchev–Trinajstić information content (AvgIpc) is 2.25. The molecule has 2 aromatic rings. The number of halogens is 2. The SMILES string of the molecule is Fc1ccc(Br)c(Nc2ccnnc2)c1. The molecule has 1 heterocycles. The Hall–Kier alpha value is -1.49. The molecule has 0 aliphatic rings. The van der Waals surface area contributed by atoms with Gasteiger partial charge in [0.25, 0.3) is 0 Å². The second-order valence-electron chi connectivity index (χ2n) is 2.88. The molecule has 0 unspecified atom stereocenters. The average molecular weight is 268 g/mol. The predicted octanol–water partition coefficient (Wildman–Crippen LogP) is 3.12. The maximum absolute atomic E-state index is 13.0. The summed E-state index contributed by atoms with van der Waals surface area (Å²) in [5.41, 5.74) is 1.42. The van der Waals surface area contributed by atoms with E-state index in [2.05, 4.69) is 31.4 Å². The first-order valence-corrected chi connectivity index (χ1v) is 5.04. The van der Waals surface area contributed by atoms with Crippen molar-refractivity contribution in [2.24, 2.45) is 0 Å². The fourth-order valence-corrected chi connectivity index (χ4v) is 1.46. The Balaban J connectivity index is 2.28. The van der Waals surface area contributed by atoms with Crippen molar-refractivity contribution in [1.82, 2.24) is 10.2 Å². The van der Waals surface area contributed by atoms with Crippen LogP contribution in [-0.2, 0) is 0 Å². The van der Waals surface area contributed by atoms with Gasteiger partial charge in [-0.15, -0.1) is 0 Å². The Morgan fingerprint density at radius 1 is 1.20 bits per heavy atom. The molecule has 0 radical (unpaired) electrons. The summed E-state index contributed by atoms with van der Waals surface area (Å²) in [5.74, 6) is -0.289. The van der Waals surface area contributed by atoms with Gasteiger partial charge in [-0.2, -0.15) is 10.2 Å². The molecule has 1 aromatic heterocycles. The third kappa shape index (κ3) is 2.50. The van der Waals surface area contributed by atoms with Crippen molar-refractivity contribution >= 4 is 27.3 Å². The number of benzene rings is 1. The minimum Gasteiger partial charge on any atom is -0.353 e.